The zero-order chi connectivity index (χ0) is 18.1. The molecule has 4 rings (SSSR count). The summed E-state index contributed by atoms with van der Waals surface area (Å²) in [7, 11) is 3.27. The number of hydrogen-bond donors (Lipinski definition) is 1. The van der Waals surface area contributed by atoms with E-state index in [9.17, 15) is 0 Å². The number of tetrazole rings is 1. The molecule has 0 aliphatic carbocycles. The number of rotatable bonds is 4. The van der Waals surface area contributed by atoms with Crippen molar-refractivity contribution >= 4 is 28.5 Å². The van der Waals surface area contributed by atoms with E-state index >= 15 is 0 Å². The van der Waals surface area contributed by atoms with Crippen molar-refractivity contribution in [2.45, 2.75) is 18.5 Å². The van der Waals surface area contributed by atoms with E-state index in [2.05, 4.69) is 67.7 Å². The second-order valence-corrected chi connectivity index (χ2v) is 7.31. The standard InChI is InChI=1S/C18H18IN5O2/c1-25-16-8-5-12(9-17(16)26-2)15-10-14(11-3-6-13(19)7-4-11)20-18-21-22-23-24(15)18/h3-9,14-15H,10H2,1-2H3,(H,20,21,23)/t14-,15+/m0/s1. The lowest BCUT2D eigenvalue weighted by Crippen LogP contribution is -2.28. The molecule has 0 amide bonds. The summed E-state index contributed by atoms with van der Waals surface area (Å²) in [5.41, 5.74) is 2.29. The maximum absolute atomic E-state index is 5.46. The molecule has 2 heterocycles. The quantitative estimate of drug-likeness (QED) is 0.598. The Morgan fingerprint density at radius 1 is 1.04 bits per heavy atom. The van der Waals surface area contributed by atoms with Gasteiger partial charge in [0, 0.05) is 3.57 Å². The van der Waals surface area contributed by atoms with Crippen molar-refractivity contribution in [3.05, 3.63) is 57.2 Å². The molecule has 0 unspecified atom stereocenters. The highest BCUT2D eigenvalue weighted by Crippen LogP contribution is 2.39. The first-order valence-electron chi connectivity index (χ1n) is 8.21. The fourth-order valence-corrected chi connectivity index (χ4v) is 3.65. The van der Waals surface area contributed by atoms with Gasteiger partial charge in [0.05, 0.1) is 26.3 Å². The minimum absolute atomic E-state index is 0.00494. The van der Waals surface area contributed by atoms with Crippen molar-refractivity contribution < 1.29 is 9.47 Å². The number of nitrogens with one attached hydrogen (secondary N) is 1. The van der Waals surface area contributed by atoms with Gasteiger partial charge in [0.2, 0.25) is 5.95 Å². The molecule has 2 aromatic carbocycles. The topological polar surface area (TPSA) is 74.1 Å². The number of benzene rings is 2. The van der Waals surface area contributed by atoms with Crippen LogP contribution < -0.4 is 14.8 Å². The third kappa shape index (κ3) is 3.09. The molecule has 0 saturated heterocycles. The largest absolute Gasteiger partial charge is 0.493 e. The van der Waals surface area contributed by atoms with Crippen LogP contribution in [0.4, 0.5) is 5.95 Å². The van der Waals surface area contributed by atoms with Gasteiger partial charge in [-0.2, -0.15) is 0 Å². The van der Waals surface area contributed by atoms with E-state index < -0.39 is 0 Å². The van der Waals surface area contributed by atoms with E-state index in [1.165, 1.54) is 9.13 Å². The highest BCUT2D eigenvalue weighted by atomic mass is 127. The van der Waals surface area contributed by atoms with Crippen molar-refractivity contribution in [3.8, 4) is 11.5 Å². The third-order valence-electron chi connectivity index (χ3n) is 4.62. The second kappa shape index (κ2) is 7.10. The number of hydrogen-bond acceptors (Lipinski definition) is 6. The van der Waals surface area contributed by atoms with E-state index in [0.717, 1.165) is 12.0 Å². The van der Waals surface area contributed by atoms with E-state index in [4.69, 9.17) is 9.47 Å². The van der Waals surface area contributed by atoms with E-state index in [0.29, 0.717) is 17.4 Å². The molecule has 1 aromatic heterocycles. The first-order chi connectivity index (χ1) is 12.7. The van der Waals surface area contributed by atoms with Crippen LogP contribution >= 0.6 is 22.6 Å². The van der Waals surface area contributed by atoms with E-state index in [-0.39, 0.29) is 12.1 Å². The lowest BCUT2D eigenvalue weighted by Gasteiger charge is -2.31. The fraction of sp³-hybridized carbons (Fsp3) is 0.278. The van der Waals surface area contributed by atoms with Gasteiger partial charge in [-0.25, -0.2) is 4.68 Å². The van der Waals surface area contributed by atoms with Crippen LogP contribution in [0.15, 0.2) is 42.5 Å². The minimum atomic E-state index is 0.00494. The summed E-state index contributed by atoms with van der Waals surface area (Å²) in [5.74, 6) is 2.07. The number of aromatic nitrogens is 4. The third-order valence-corrected chi connectivity index (χ3v) is 5.33. The van der Waals surface area contributed by atoms with Gasteiger partial charge in [-0.15, -0.1) is 0 Å². The number of nitrogens with zero attached hydrogens (tertiary/aromatic N) is 4. The first-order valence-corrected chi connectivity index (χ1v) is 9.29. The van der Waals surface area contributed by atoms with Crippen LogP contribution in [-0.2, 0) is 0 Å². The Bertz CT molecular complexity index is 912. The Morgan fingerprint density at radius 2 is 1.77 bits per heavy atom. The van der Waals surface area contributed by atoms with Gasteiger partial charge < -0.3 is 14.8 Å². The number of halogens is 1. The van der Waals surface area contributed by atoms with Crippen molar-refractivity contribution in [1.82, 2.24) is 20.2 Å². The SMILES string of the molecule is COc1ccc([C@H]2C[C@@H](c3ccc(I)cc3)Nc3nnnn32)cc1OC. The summed E-state index contributed by atoms with van der Waals surface area (Å²) in [6, 6.07) is 14.6. The predicted molar refractivity (Wildman–Crippen MR) is 106 cm³/mol. The molecule has 1 aliphatic heterocycles. The lowest BCUT2D eigenvalue weighted by atomic mass is 9.93. The molecule has 0 bridgehead atoms. The Balaban J connectivity index is 1.72. The van der Waals surface area contributed by atoms with Crippen LogP contribution in [0.2, 0.25) is 0 Å². The van der Waals surface area contributed by atoms with Gasteiger partial charge in [0.1, 0.15) is 0 Å². The van der Waals surface area contributed by atoms with Crippen LogP contribution in [0.5, 0.6) is 11.5 Å². The summed E-state index contributed by atoms with van der Waals surface area (Å²) in [5, 5.41) is 15.6. The van der Waals surface area contributed by atoms with Crippen LogP contribution in [-0.4, -0.2) is 34.4 Å². The van der Waals surface area contributed by atoms with Crippen molar-refractivity contribution in [2.75, 3.05) is 19.5 Å². The lowest BCUT2D eigenvalue weighted by molar-refractivity contribution is 0.352. The Kier molecular flexibility index (Phi) is 4.66. The molecular weight excluding hydrogens is 445 g/mol. The molecule has 2 atom stereocenters. The van der Waals surface area contributed by atoms with Crippen LogP contribution in [0, 0.1) is 3.57 Å². The average Bonchev–Trinajstić information content (AvgIpc) is 3.16. The Hall–Kier alpha value is -2.36. The molecule has 0 radical (unpaired) electrons. The molecule has 0 fully saturated rings. The Labute approximate surface area is 164 Å². The van der Waals surface area contributed by atoms with Gasteiger partial charge in [-0.05, 0) is 74.8 Å². The van der Waals surface area contributed by atoms with Crippen LogP contribution in [0.25, 0.3) is 0 Å². The maximum Gasteiger partial charge on any atom is 0.243 e. The molecule has 26 heavy (non-hydrogen) atoms. The first kappa shape index (κ1) is 17.1. The van der Waals surface area contributed by atoms with E-state index in [1.54, 1.807) is 14.2 Å². The van der Waals surface area contributed by atoms with Crippen molar-refractivity contribution in [1.29, 1.82) is 0 Å². The second-order valence-electron chi connectivity index (χ2n) is 6.06. The molecule has 8 heteroatoms. The summed E-state index contributed by atoms with van der Waals surface area (Å²) >= 11 is 2.31. The molecule has 3 aromatic rings. The highest BCUT2D eigenvalue weighted by molar-refractivity contribution is 14.1. The average molecular weight is 463 g/mol. The molecule has 7 nitrogen and oxygen atoms in total. The number of anilines is 1. The van der Waals surface area contributed by atoms with Gasteiger partial charge in [0.15, 0.2) is 11.5 Å². The number of ether oxygens (including phenoxy) is 2. The molecular formula is C18H18IN5O2. The van der Waals surface area contributed by atoms with Crippen molar-refractivity contribution in [2.24, 2.45) is 0 Å². The Morgan fingerprint density at radius 3 is 2.50 bits per heavy atom. The zero-order valence-corrected chi connectivity index (χ0v) is 16.5. The maximum atomic E-state index is 5.46. The molecule has 1 aliphatic rings. The zero-order valence-electron chi connectivity index (χ0n) is 14.4. The summed E-state index contributed by atoms with van der Waals surface area (Å²) in [4.78, 5) is 0. The predicted octanol–water partition coefficient (Wildman–Crippen LogP) is 3.44. The van der Waals surface area contributed by atoms with Gasteiger partial charge in [0.25, 0.3) is 0 Å². The number of methoxy groups -OCH3 is 2. The summed E-state index contributed by atoms with van der Waals surface area (Å²) in [6.07, 6.45) is 0.827. The fourth-order valence-electron chi connectivity index (χ4n) is 3.29. The van der Waals surface area contributed by atoms with E-state index in [1.807, 2.05) is 22.9 Å². The molecule has 134 valence electrons. The van der Waals surface area contributed by atoms with Gasteiger partial charge in [-0.3, -0.25) is 0 Å². The summed E-state index contributed by atoms with van der Waals surface area (Å²) in [6.45, 7) is 0. The van der Waals surface area contributed by atoms with Crippen molar-refractivity contribution in [3.63, 3.8) is 0 Å². The van der Waals surface area contributed by atoms with Crippen LogP contribution in [0.3, 0.4) is 0 Å². The van der Waals surface area contributed by atoms with Gasteiger partial charge in [-0.1, -0.05) is 23.3 Å². The normalized spacial score (nSPS) is 18.7. The highest BCUT2D eigenvalue weighted by Gasteiger charge is 2.31. The number of fused-ring (bicyclic) bond motifs is 1. The van der Waals surface area contributed by atoms with Crippen LogP contribution in [0.1, 0.15) is 29.6 Å². The van der Waals surface area contributed by atoms with Gasteiger partial charge >= 0.3 is 0 Å². The summed E-state index contributed by atoms with van der Waals surface area (Å²) < 4.78 is 13.8. The minimum Gasteiger partial charge on any atom is -0.493 e. The molecule has 0 saturated carbocycles. The smallest absolute Gasteiger partial charge is 0.243 e. The monoisotopic (exact) mass is 463 g/mol. The molecule has 0 spiro atoms. The molecule has 1 N–H and O–H groups in total.